The molecule has 0 saturated carbocycles. The molecular weight excluding hydrogens is 305 g/mol. The van der Waals surface area contributed by atoms with Crippen LogP contribution in [0.15, 0.2) is 22.7 Å². The average molecular weight is 319 g/mol. The van der Waals surface area contributed by atoms with Crippen LogP contribution in [0.1, 0.15) is 19.3 Å². The summed E-state index contributed by atoms with van der Waals surface area (Å²) in [6, 6.07) is 5.19. The minimum Gasteiger partial charge on any atom is -0.409 e. The second-order valence-corrected chi connectivity index (χ2v) is 5.31. The van der Waals surface area contributed by atoms with Crippen molar-refractivity contribution in [2.45, 2.75) is 19.3 Å². The largest absolute Gasteiger partial charge is 0.415 e. The van der Waals surface area contributed by atoms with Gasteiger partial charge in [0.15, 0.2) is 5.75 Å². The summed E-state index contributed by atoms with van der Waals surface area (Å²) < 4.78 is 6.14. The van der Waals surface area contributed by atoms with Gasteiger partial charge < -0.3 is 9.64 Å². The highest BCUT2D eigenvalue weighted by atomic mass is 79.9. The highest BCUT2D eigenvalue weighted by Gasteiger charge is 2.19. The van der Waals surface area contributed by atoms with E-state index in [1.165, 1.54) is 6.42 Å². The van der Waals surface area contributed by atoms with E-state index in [1.54, 1.807) is 23.1 Å². The van der Waals surface area contributed by atoms with E-state index in [1.807, 2.05) is 0 Å². The first-order valence-electron chi connectivity index (χ1n) is 5.58. The van der Waals surface area contributed by atoms with E-state index in [-0.39, 0.29) is 6.09 Å². The average Bonchev–Trinajstić information content (AvgIpc) is 2.34. The maximum Gasteiger partial charge on any atom is 0.415 e. The Labute approximate surface area is 114 Å². The molecule has 0 radical (unpaired) electrons. The molecule has 3 nitrogen and oxygen atoms in total. The van der Waals surface area contributed by atoms with Crippen LogP contribution in [0, 0.1) is 0 Å². The number of carbonyl (C=O) groups excluding carboxylic acids is 1. The second kappa shape index (κ2) is 5.74. The fourth-order valence-corrected chi connectivity index (χ4v) is 2.51. The maximum atomic E-state index is 11.8. The van der Waals surface area contributed by atoms with Crippen molar-refractivity contribution < 1.29 is 9.53 Å². The smallest absolute Gasteiger partial charge is 0.409 e. The molecule has 2 rings (SSSR count). The summed E-state index contributed by atoms with van der Waals surface area (Å²) in [6.45, 7) is 1.54. The standard InChI is InChI=1S/C12H13BrClNO2/c13-9-4-5-11(10(14)8-9)17-12(16)15-6-2-1-3-7-15/h4-5,8H,1-3,6-7H2. The number of amides is 1. The third kappa shape index (κ3) is 3.36. The molecule has 1 fully saturated rings. The molecule has 1 aromatic rings. The summed E-state index contributed by atoms with van der Waals surface area (Å²) in [5.74, 6) is 0.408. The molecule has 5 heteroatoms. The summed E-state index contributed by atoms with van der Waals surface area (Å²) in [5.41, 5.74) is 0. The Balaban J connectivity index is 2.02. The number of hydrogen-bond acceptors (Lipinski definition) is 2. The fourth-order valence-electron chi connectivity index (χ4n) is 1.79. The van der Waals surface area contributed by atoms with Crippen molar-refractivity contribution in [2.24, 2.45) is 0 Å². The first-order chi connectivity index (χ1) is 8.16. The number of halogens is 2. The Bertz CT molecular complexity index is 419. The molecule has 1 aliphatic heterocycles. The van der Waals surface area contributed by atoms with Gasteiger partial charge in [0, 0.05) is 17.6 Å². The van der Waals surface area contributed by atoms with Crippen LogP contribution >= 0.6 is 27.5 Å². The zero-order valence-electron chi connectivity index (χ0n) is 9.29. The first-order valence-corrected chi connectivity index (χ1v) is 6.76. The van der Waals surface area contributed by atoms with E-state index in [2.05, 4.69) is 15.9 Å². The summed E-state index contributed by atoms with van der Waals surface area (Å²) in [5, 5.41) is 0.435. The molecule has 0 unspecified atom stereocenters. The number of ether oxygens (including phenoxy) is 1. The predicted molar refractivity (Wildman–Crippen MR) is 70.6 cm³/mol. The van der Waals surface area contributed by atoms with Crippen LogP contribution in [-0.2, 0) is 0 Å². The van der Waals surface area contributed by atoms with Gasteiger partial charge in [-0.2, -0.15) is 0 Å². The molecule has 0 atom stereocenters. The molecule has 92 valence electrons. The Morgan fingerprint density at radius 2 is 2.00 bits per heavy atom. The quantitative estimate of drug-likeness (QED) is 0.780. The van der Waals surface area contributed by atoms with Crippen molar-refractivity contribution in [1.82, 2.24) is 4.90 Å². The summed E-state index contributed by atoms with van der Waals surface area (Å²) >= 11 is 9.29. The van der Waals surface area contributed by atoms with Crippen LogP contribution in [0.3, 0.4) is 0 Å². The molecule has 1 amide bonds. The molecule has 0 bridgehead atoms. The summed E-state index contributed by atoms with van der Waals surface area (Å²) in [6.07, 6.45) is 2.96. The van der Waals surface area contributed by atoms with Crippen molar-refractivity contribution in [3.63, 3.8) is 0 Å². The summed E-state index contributed by atoms with van der Waals surface area (Å²) in [4.78, 5) is 13.6. The van der Waals surface area contributed by atoms with Gasteiger partial charge in [-0.3, -0.25) is 0 Å². The van der Waals surface area contributed by atoms with Gasteiger partial charge in [0.2, 0.25) is 0 Å². The van der Waals surface area contributed by atoms with E-state index in [0.717, 1.165) is 30.4 Å². The Hall–Kier alpha value is -0.740. The summed E-state index contributed by atoms with van der Waals surface area (Å²) in [7, 11) is 0. The Morgan fingerprint density at radius 3 is 2.65 bits per heavy atom. The van der Waals surface area contributed by atoms with Crippen LogP contribution in [0.5, 0.6) is 5.75 Å². The van der Waals surface area contributed by atoms with Gasteiger partial charge in [-0.15, -0.1) is 0 Å². The van der Waals surface area contributed by atoms with Crippen molar-refractivity contribution in [3.05, 3.63) is 27.7 Å². The normalized spacial score (nSPS) is 15.8. The molecule has 0 aromatic heterocycles. The molecule has 1 aromatic carbocycles. The van der Waals surface area contributed by atoms with Crippen molar-refractivity contribution in [2.75, 3.05) is 13.1 Å². The monoisotopic (exact) mass is 317 g/mol. The van der Waals surface area contributed by atoms with Gasteiger partial charge in [-0.05, 0) is 37.5 Å². The lowest BCUT2D eigenvalue weighted by molar-refractivity contribution is 0.142. The second-order valence-electron chi connectivity index (χ2n) is 3.99. The molecule has 0 spiro atoms. The van der Waals surface area contributed by atoms with Gasteiger partial charge in [0.1, 0.15) is 0 Å². The number of carbonyl (C=O) groups is 1. The number of nitrogens with zero attached hydrogens (tertiary/aromatic N) is 1. The third-order valence-electron chi connectivity index (χ3n) is 2.71. The van der Waals surface area contributed by atoms with Gasteiger partial charge in [-0.25, -0.2) is 4.79 Å². The highest BCUT2D eigenvalue weighted by Crippen LogP contribution is 2.28. The molecule has 17 heavy (non-hydrogen) atoms. The van der Waals surface area contributed by atoms with Crippen LogP contribution in [0.4, 0.5) is 4.79 Å². The molecule has 0 N–H and O–H groups in total. The fraction of sp³-hybridized carbons (Fsp3) is 0.417. The molecule has 1 saturated heterocycles. The number of rotatable bonds is 1. The minimum absolute atomic E-state index is 0.311. The van der Waals surface area contributed by atoms with E-state index < -0.39 is 0 Å². The predicted octanol–water partition coefficient (Wildman–Crippen LogP) is 4.09. The third-order valence-corrected chi connectivity index (χ3v) is 3.49. The lowest BCUT2D eigenvalue weighted by Crippen LogP contribution is -2.37. The maximum absolute atomic E-state index is 11.8. The van der Waals surface area contributed by atoms with Crippen LogP contribution < -0.4 is 4.74 Å². The van der Waals surface area contributed by atoms with Gasteiger partial charge in [0.25, 0.3) is 0 Å². The highest BCUT2D eigenvalue weighted by molar-refractivity contribution is 9.10. The van der Waals surface area contributed by atoms with Crippen molar-refractivity contribution in [1.29, 1.82) is 0 Å². The SMILES string of the molecule is O=C(Oc1ccc(Br)cc1Cl)N1CCCCC1. The topological polar surface area (TPSA) is 29.5 Å². The molecule has 1 heterocycles. The Kier molecular flexibility index (Phi) is 4.29. The zero-order chi connectivity index (χ0) is 12.3. The molecule has 0 aliphatic carbocycles. The minimum atomic E-state index is -0.311. The van der Waals surface area contributed by atoms with Gasteiger partial charge in [-0.1, -0.05) is 27.5 Å². The lowest BCUT2D eigenvalue weighted by Gasteiger charge is -2.25. The molecular formula is C12H13BrClNO2. The number of likely N-dealkylation sites (tertiary alicyclic amines) is 1. The van der Waals surface area contributed by atoms with Gasteiger partial charge >= 0.3 is 6.09 Å². The first kappa shape index (κ1) is 12.7. The Morgan fingerprint density at radius 1 is 1.29 bits per heavy atom. The van der Waals surface area contributed by atoms with Crippen molar-refractivity contribution in [3.8, 4) is 5.75 Å². The van der Waals surface area contributed by atoms with E-state index in [4.69, 9.17) is 16.3 Å². The lowest BCUT2D eigenvalue weighted by atomic mass is 10.1. The van der Waals surface area contributed by atoms with E-state index in [9.17, 15) is 4.79 Å². The van der Waals surface area contributed by atoms with E-state index in [0.29, 0.717) is 10.8 Å². The van der Waals surface area contributed by atoms with Crippen LogP contribution in [0.25, 0.3) is 0 Å². The number of hydrogen-bond donors (Lipinski definition) is 0. The van der Waals surface area contributed by atoms with Crippen LogP contribution in [-0.4, -0.2) is 24.1 Å². The molecule has 1 aliphatic rings. The zero-order valence-corrected chi connectivity index (χ0v) is 11.6. The van der Waals surface area contributed by atoms with Crippen molar-refractivity contribution >= 4 is 33.6 Å². The van der Waals surface area contributed by atoms with Crippen LogP contribution in [0.2, 0.25) is 5.02 Å². The number of benzene rings is 1. The van der Waals surface area contributed by atoms with E-state index >= 15 is 0 Å². The van der Waals surface area contributed by atoms with Gasteiger partial charge in [0.05, 0.1) is 5.02 Å². The number of piperidine rings is 1.